The Morgan fingerprint density at radius 2 is 2.14 bits per heavy atom. The van der Waals surface area contributed by atoms with Crippen LogP contribution in [0, 0.1) is 0 Å². The number of carbonyl (C=O) groups is 1. The van der Waals surface area contributed by atoms with E-state index in [9.17, 15) is 18.0 Å². The SMILES string of the molecule is O=C(NNc1cccnn1)C(F)(F)F. The van der Waals surface area contributed by atoms with E-state index < -0.39 is 12.1 Å². The minimum atomic E-state index is -4.92. The van der Waals surface area contributed by atoms with Gasteiger partial charge in [-0.15, -0.1) is 5.10 Å². The van der Waals surface area contributed by atoms with Crippen LogP contribution >= 0.6 is 0 Å². The standard InChI is InChI=1S/C6H5F3N4O/c7-6(8,9)5(14)13-12-4-2-1-3-10-11-4/h1-3H,(H,11,12)(H,13,14). The number of carbonyl (C=O) groups excluding carboxylic acids is 1. The van der Waals surface area contributed by atoms with Crippen LogP contribution in [-0.4, -0.2) is 22.3 Å². The Hall–Kier alpha value is -1.86. The number of alkyl halides is 3. The fraction of sp³-hybridized carbons (Fsp3) is 0.167. The molecule has 14 heavy (non-hydrogen) atoms. The van der Waals surface area contributed by atoms with Crippen LogP contribution in [-0.2, 0) is 4.79 Å². The highest BCUT2D eigenvalue weighted by molar-refractivity contribution is 5.82. The van der Waals surface area contributed by atoms with E-state index in [1.807, 2.05) is 5.43 Å². The first-order chi connectivity index (χ1) is 6.50. The van der Waals surface area contributed by atoms with Gasteiger partial charge < -0.3 is 0 Å². The average molecular weight is 206 g/mol. The first kappa shape index (κ1) is 10.2. The summed E-state index contributed by atoms with van der Waals surface area (Å²) in [4.78, 5) is 10.3. The van der Waals surface area contributed by atoms with Gasteiger partial charge in [0.1, 0.15) is 0 Å². The summed E-state index contributed by atoms with van der Waals surface area (Å²) in [6.07, 6.45) is -3.58. The second kappa shape index (κ2) is 3.90. The predicted octanol–water partition coefficient (Wildman–Crippen LogP) is 0.482. The quantitative estimate of drug-likeness (QED) is 0.690. The van der Waals surface area contributed by atoms with Gasteiger partial charge in [0.15, 0.2) is 5.82 Å². The molecule has 1 aromatic rings. The van der Waals surface area contributed by atoms with Crippen molar-refractivity contribution < 1.29 is 18.0 Å². The van der Waals surface area contributed by atoms with Crippen LogP contribution in [0.25, 0.3) is 0 Å². The third kappa shape index (κ3) is 2.88. The lowest BCUT2D eigenvalue weighted by Gasteiger charge is -2.08. The van der Waals surface area contributed by atoms with E-state index in [-0.39, 0.29) is 5.82 Å². The van der Waals surface area contributed by atoms with Gasteiger partial charge in [-0.2, -0.15) is 18.3 Å². The molecule has 0 atom stereocenters. The largest absolute Gasteiger partial charge is 0.472 e. The van der Waals surface area contributed by atoms with Crippen molar-refractivity contribution in [1.82, 2.24) is 15.6 Å². The molecule has 5 nitrogen and oxygen atoms in total. The smallest absolute Gasteiger partial charge is 0.280 e. The van der Waals surface area contributed by atoms with E-state index in [0.717, 1.165) is 0 Å². The Kier molecular flexibility index (Phi) is 2.85. The van der Waals surface area contributed by atoms with Gasteiger partial charge in [0.05, 0.1) is 0 Å². The zero-order valence-corrected chi connectivity index (χ0v) is 6.67. The lowest BCUT2D eigenvalue weighted by atomic mass is 10.5. The monoisotopic (exact) mass is 206 g/mol. The summed E-state index contributed by atoms with van der Waals surface area (Å²) in [7, 11) is 0. The maximum atomic E-state index is 11.7. The van der Waals surface area contributed by atoms with Crippen LogP contribution in [0.4, 0.5) is 19.0 Å². The summed E-state index contributed by atoms with van der Waals surface area (Å²) >= 11 is 0. The fourth-order valence-corrected chi connectivity index (χ4v) is 0.560. The average Bonchev–Trinajstić information content (AvgIpc) is 2.14. The number of halogens is 3. The van der Waals surface area contributed by atoms with E-state index in [4.69, 9.17) is 0 Å². The van der Waals surface area contributed by atoms with Crippen molar-refractivity contribution in [2.75, 3.05) is 5.43 Å². The van der Waals surface area contributed by atoms with E-state index in [0.29, 0.717) is 0 Å². The molecule has 1 heterocycles. The zero-order valence-electron chi connectivity index (χ0n) is 6.67. The number of rotatable bonds is 2. The van der Waals surface area contributed by atoms with Crippen LogP contribution < -0.4 is 10.9 Å². The van der Waals surface area contributed by atoms with Crippen molar-refractivity contribution in [3.8, 4) is 0 Å². The number of hydrazine groups is 1. The van der Waals surface area contributed by atoms with Crippen LogP contribution in [0.2, 0.25) is 0 Å². The van der Waals surface area contributed by atoms with Gasteiger partial charge in [0.2, 0.25) is 0 Å². The first-order valence-corrected chi connectivity index (χ1v) is 3.41. The third-order valence-electron chi connectivity index (χ3n) is 1.13. The van der Waals surface area contributed by atoms with Crippen molar-refractivity contribution in [3.63, 3.8) is 0 Å². The van der Waals surface area contributed by atoms with Gasteiger partial charge in [0, 0.05) is 6.20 Å². The Bertz CT molecular complexity index is 313. The number of nitrogens with one attached hydrogen (secondary N) is 2. The summed E-state index contributed by atoms with van der Waals surface area (Å²) in [5.74, 6) is -2.08. The van der Waals surface area contributed by atoms with Crippen molar-refractivity contribution in [1.29, 1.82) is 0 Å². The highest BCUT2D eigenvalue weighted by atomic mass is 19.4. The number of nitrogens with zero attached hydrogens (tertiary/aromatic N) is 2. The highest BCUT2D eigenvalue weighted by Crippen LogP contribution is 2.13. The van der Waals surface area contributed by atoms with Crippen LogP contribution in [0.3, 0.4) is 0 Å². The molecule has 0 saturated heterocycles. The van der Waals surface area contributed by atoms with Gasteiger partial charge in [-0.1, -0.05) is 0 Å². The van der Waals surface area contributed by atoms with Gasteiger partial charge in [-0.05, 0) is 12.1 Å². The predicted molar refractivity (Wildman–Crippen MR) is 39.9 cm³/mol. The molecule has 0 unspecified atom stereocenters. The summed E-state index contributed by atoms with van der Waals surface area (Å²) in [5.41, 5.74) is 3.38. The molecule has 2 N–H and O–H groups in total. The van der Waals surface area contributed by atoms with Crippen LogP contribution in [0.5, 0.6) is 0 Å². The minimum Gasteiger partial charge on any atom is -0.280 e. The third-order valence-corrected chi connectivity index (χ3v) is 1.13. The Balaban J connectivity index is 2.46. The maximum Gasteiger partial charge on any atom is 0.472 e. The summed E-state index contributed by atoms with van der Waals surface area (Å²) in [5, 5.41) is 6.77. The first-order valence-electron chi connectivity index (χ1n) is 3.41. The molecule has 0 aliphatic carbocycles. The maximum absolute atomic E-state index is 11.7. The number of aromatic nitrogens is 2. The summed E-state index contributed by atoms with van der Waals surface area (Å²) < 4.78 is 35.0. The van der Waals surface area contributed by atoms with Gasteiger partial charge in [-0.3, -0.25) is 15.6 Å². The highest BCUT2D eigenvalue weighted by Gasteiger charge is 2.38. The molecule has 0 aliphatic rings. The minimum absolute atomic E-state index is 0.0186. The molecule has 0 fully saturated rings. The van der Waals surface area contributed by atoms with Crippen LogP contribution in [0.1, 0.15) is 0 Å². The van der Waals surface area contributed by atoms with E-state index in [2.05, 4.69) is 10.2 Å². The number of hydrogen-bond acceptors (Lipinski definition) is 4. The van der Waals surface area contributed by atoms with Crippen LogP contribution in [0.15, 0.2) is 18.3 Å². The number of anilines is 1. The summed E-state index contributed by atoms with van der Waals surface area (Å²) in [6, 6.07) is 2.80. The van der Waals surface area contributed by atoms with E-state index in [1.165, 1.54) is 23.8 Å². The van der Waals surface area contributed by atoms with E-state index in [1.54, 1.807) is 0 Å². The second-order valence-electron chi connectivity index (χ2n) is 2.19. The number of amides is 1. The topological polar surface area (TPSA) is 66.9 Å². The van der Waals surface area contributed by atoms with Gasteiger partial charge in [0.25, 0.3) is 0 Å². The molecule has 1 aromatic heterocycles. The molecule has 0 aliphatic heterocycles. The molecular weight excluding hydrogens is 201 g/mol. The molecule has 1 rings (SSSR count). The molecule has 0 spiro atoms. The van der Waals surface area contributed by atoms with Crippen molar-refractivity contribution in [3.05, 3.63) is 18.3 Å². The lowest BCUT2D eigenvalue weighted by Crippen LogP contribution is -2.40. The van der Waals surface area contributed by atoms with Crippen molar-refractivity contribution in [2.24, 2.45) is 0 Å². The molecule has 0 aromatic carbocycles. The zero-order chi connectivity index (χ0) is 10.6. The summed E-state index contributed by atoms with van der Waals surface area (Å²) in [6.45, 7) is 0. The van der Waals surface area contributed by atoms with E-state index >= 15 is 0 Å². The lowest BCUT2D eigenvalue weighted by molar-refractivity contribution is -0.173. The Morgan fingerprint density at radius 3 is 2.64 bits per heavy atom. The van der Waals surface area contributed by atoms with Crippen molar-refractivity contribution >= 4 is 11.7 Å². The van der Waals surface area contributed by atoms with Gasteiger partial charge >= 0.3 is 12.1 Å². The van der Waals surface area contributed by atoms with Gasteiger partial charge in [-0.25, -0.2) is 0 Å². The number of hydrogen-bond donors (Lipinski definition) is 2. The molecule has 76 valence electrons. The molecular formula is C6H5F3N4O. The molecule has 8 heteroatoms. The molecule has 0 radical (unpaired) electrons. The Morgan fingerprint density at radius 1 is 1.43 bits per heavy atom. The molecule has 0 bridgehead atoms. The normalized spacial score (nSPS) is 10.8. The second-order valence-corrected chi connectivity index (χ2v) is 2.19. The Labute approximate surface area is 76.3 Å². The van der Waals surface area contributed by atoms with Crippen molar-refractivity contribution in [2.45, 2.75) is 6.18 Å². The fourth-order valence-electron chi connectivity index (χ4n) is 0.560. The molecule has 1 amide bonds. The molecule has 0 saturated carbocycles.